The van der Waals surface area contributed by atoms with E-state index in [1.54, 1.807) is 18.3 Å². The van der Waals surface area contributed by atoms with Crippen molar-refractivity contribution in [1.82, 2.24) is 5.43 Å². The van der Waals surface area contributed by atoms with Gasteiger partial charge in [-0.3, -0.25) is 4.79 Å². The van der Waals surface area contributed by atoms with E-state index in [4.69, 9.17) is 11.6 Å². The highest BCUT2D eigenvalue weighted by atomic mass is 79.9. The zero-order valence-electron chi connectivity index (χ0n) is 9.58. The Morgan fingerprint density at radius 2 is 2.00 bits per heavy atom. The van der Waals surface area contributed by atoms with Crippen LogP contribution in [0.5, 0.6) is 0 Å². The van der Waals surface area contributed by atoms with Crippen molar-refractivity contribution in [1.29, 1.82) is 0 Å². The van der Waals surface area contributed by atoms with Crippen molar-refractivity contribution in [3.63, 3.8) is 0 Å². The standard InChI is InChI=1S/C12H11Br2ClN2O/c1-11(7-12(11,13)14)10(18)17-16-6-8-2-4-9(15)5-3-8/h2-6H,7H2,1H3,(H,17,18)/b16-6-/t11-/m1/s1. The molecule has 3 nitrogen and oxygen atoms in total. The van der Waals surface area contributed by atoms with Crippen LogP contribution < -0.4 is 5.43 Å². The molecule has 0 aromatic heterocycles. The van der Waals surface area contributed by atoms with E-state index >= 15 is 0 Å². The SMILES string of the molecule is C[C@]1(C(=O)N/N=C\c2ccc(Cl)cc2)CC1(Br)Br. The van der Waals surface area contributed by atoms with Gasteiger partial charge in [-0.25, -0.2) is 5.43 Å². The highest BCUT2D eigenvalue weighted by molar-refractivity contribution is 9.25. The monoisotopic (exact) mass is 392 g/mol. The summed E-state index contributed by atoms with van der Waals surface area (Å²) in [5.41, 5.74) is 2.97. The first-order chi connectivity index (χ1) is 8.35. The Kier molecular flexibility index (Phi) is 3.85. The van der Waals surface area contributed by atoms with Gasteiger partial charge in [-0.2, -0.15) is 5.10 Å². The average molecular weight is 394 g/mol. The third-order valence-corrected chi connectivity index (χ3v) is 5.57. The number of carbonyl (C=O) groups excluding carboxylic acids is 1. The molecule has 96 valence electrons. The molecule has 1 aromatic carbocycles. The molecule has 0 radical (unpaired) electrons. The van der Waals surface area contributed by atoms with Gasteiger partial charge in [0, 0.05) is 5.02 Å². The number of alkyl halides is 2. The summed E-state index contributed by atoms with van der Waals surface area (Å²) in [6.07, 6.45) is 2.33. The summed E-state index contributed by atoms with van der Waals surface area (Å²) in [6.45, 7) is 1.88. The maximum atomic E-state index is 11.9. The van der Waals surface area contributed by atoms with E-state index in [-0.39, 0.29) is 9.14 Å². The van der Waals surface area contributed by atoms with Crippen molar-refractivity contribution >= 4 is 55.6 Å². The number of nitrogens with zero attached hydrogens (tertiary/aromatic N) is 1. The van der Waals surface area contributed by atoms with E-state index in [1.165, 1.54) is 0 Å². The Balaban J connectivity index is 1.93. The molecule has 1 atom stereocenters. The first-order valence-corrected chi connectivity index (χ1v) is 7.28. The highest BCUT2D eigenvalue weighted by Gasteiger charge is 2.66. The molecule has 1 aromatic rings. The summed E-state index contributed by atoms with van der Waals surface area (Å²) in [5, 5.41) is 4.61. The van der Waals surface area contributed by atoms with Crippen LogP contribution in [0.2, 0.25) is 5.02 Å². The summed E-state index contributed by atoms with van der Waals surface area (Å²) in [6, 6.07) is 7.20. The maximum Gasteiger partial charge on any atom is 0.248 e. The number of benzene rings is 1. The molecule has 1 saturated carbocycles. The molecule has 0 aliphatic heterocycles. The molecule has 1 fully saturated rings. The van der Waals surface area contributed by atoms with Gasteiger partial charge in [0.05, 0.1) is 14.9 Å². The summed E-state index contributed by atoms with van der Waals surface area (Å²) in [7, 11) is 0. The number of hydrogen-bond donors (Lipinski definition) is 1. The van der Waals surface area contributed by atoms with Crippen LogP contribution >= 0.6 is 43.5 Å². The summed E-state index contributed by atoms with van der Waals surface area (Å²) in [5.74, 6) is -0.110. The van der Waals surface area contributed by atoms with Gasteiger partial charge in [-0.1, -0.05) is 55.6 Å². The van der Waals surface area contributed by atoms with E-state index in [2.05, 4.69) is 42.4 Å². The number of amides is 1. The Morgan fingerprint density at radius 3 is 2.50 bits per heavy atom. The van der Waals surface area contributed by atoms with Crippen molar-refractivity contribution in [2.75, 3.05) is 0 Å². The molecule has 1 aliphatic rings. The first-order valence-electron chi connectivity index (χ1n) is 5.32. The lowest BCUT2D eigenvalue weighted by Crippen LogP contribution is -2.29. The molecule has 0 spiro atoms. The minimum Gasteiger partial charge on any atom is -0.272 e. The normalized spacial score (nSPS) is 25.1. The summed E-state index contributed by atoms with van der Waals surface area (Å²) < 4.78 is -0.299. The number of hydrazone groups is 1. The Labute approximate surface area is 127 Å². The fourth-order valence-electron chi connectivity index (χ4n) is 1.48. The van der Waals surface area contributed by atoms with Crippen LogP contribution in [-0.4, -0.2) is 15.4 Å². The van der Waals surface area contributed by atoms with Gasteiger partial charge in [0.25, 0.3) is 0 Å². The minimum atomic E-state index is -0.454. The van der Waals surface area contributed by atoms with Crippen LogP contribution in [0.25, 0.3) is 0 Å². The van der Waals surface area contributed by atoms with E-state index < -0.39 is 5.41 Å². The van der Waals surface area contributed by atoms with Crippen molar-refractivity contribution in [3.05, 3.63) is 34.9 Å². The van der Waals surface area contributed by atoms with Crippen molar-refractivity contribution in [2.45, 2.75) is 16.6 Å². The second kappa shape index (κ2) is 4.94. The summed E-state index contributed by atoms with van der Waals surface area (Å²) >= 11 is 12.7. The number of rotatable bonds is 3. The zero-order chi connectivity index (χ0) is 13.4. The molecule has 1 aliphatic carbocycles. The molecular weight excluding hydrogens is 383 g/mol. The molecule has 1 amide bonds. The molecule has 18 heavy (non-hydrogen) atoms. The second-order valence-electron chi connectivity index (χ2n) is 4.46. The molecule has 6 heteroatoms. The van der Waals surface area contributed by atoms with Crippen molar-refractivity contribution < 1.29 is 4.79 Å². The van der Waals surface area contributed by atoms with Crippen LogP contribution in [-0.2, 0) is 4.79 Å². The number of nitrogens with one attached hydrogen (secondary N) is 1. The molecular formula is C12H11Br2ClN2O. The number of hydrogen-bond acceptors (Lipinski definition) is 2. The van der Waals surface area contributed by atoms with Gasteiger partial charge in [0.2, 0.25) is 5.91 Å². The quantitative estimate of drug-likeness (QED) is 0.474. The van der Waals surface area contributed by atoms with Crippen molar-refractivity contribution in [2.24, 2.45) is 10.5 Å². The van der Waals surface area contributed by atoms with Crippen LogP contribution in [0.15, 0.2) is 29.4 Å². The molecule has 2 rings (SSSR count). The lowest BCUT2D eigenvalue weighted by molar-refractivity contribution is -0.125. The smallest absolute Gasteiger partial charge is 0.248 e. The van der Waals surface area contributed by atoms with Crippen LogP contribution in [0.3, 0.4) is 0 Å². The van der Waals surface area contributed by atoms with Gasteiger partial charge < -0.3 is 0 Å². The fourth-order valence-corrected chi connectivity index (χ4v) is 3.09. The van der Waals surface area contributed by atoms with Gasteiger partial charge >= 0.3 is 0 Å². The first kappa shape index (κ1) is 14.0. The molecule has 0 bridgehead atoms. The van der Waals surface area contributed by atoms with Crippen LogP contribution in [0.1, 0.15) is 18.9 Å². The molecule has 0 unspecified atom stereocenters. The second-order valence-corrected chi connectivity index (χ2v) is 8.67. The fraction of sp³-hybridized carbons (Fsp3) is 0.333. The lowest BCUT2D eigenvalue weighted by atomic mass is 10.1. The Morgan fingerprint density at radius 1 is 1.44 bits per heavy atom. The molecule has 0 heterocycles. The van der Waals surface area contributed by atoms with E-state index in [1.807, 2.05) is 19.1 Å². The predicted molar refractivity (Wildman–Crippen MR) is 80.5 cm³/mol. The average Bonchev–Trinajstić information content (AvgIpc) is 2.82. The topological polar surface area (TPSA) is 41.5 Å². The third kappa shape index (κ3) is 2.78. The lowest BCUT2D eigenvalue weighted by Gasteiger charge is -2.09. The van der Waals surface area contributed by atoms with E-state index in [0.29, 0.717) is 5.02 Å². The van der Waals surface area contributed by atoms with E-state index in [0.717, 1.165) is 12.0 Å². The predicted octanol–water partition coefficient (Wildman–Crippen LogP) is 3.69. The van der Waals surface area contributed by atoms with Crippen molar-refractivity contribution in [3.8, 4) is 0 Å². The van der Waals surface area contributed by atoms with Crippen LogP contribution in [0, 0.1) is 5.41 Å². The highest BCUT2D eigenvalue weighted by Crippen LogP contribution is 2.66. The maximum absolute atomic E-state index is 11.9. The van der Waals surface area contributed by atoms with Crippen LogP contribution in [0.4, 0.5) is 0 Å². The van der Waals surface area contributed by atoms with Gasteiger partial charge in [-0.15, -0.1) is 0 Å². The van der Waals surface area contributed by atoms with Gasteiger partial charge in [-0.05, 0) is 31.0 Å². The Hall–Kier alpha value is -0.390. The molecule has 0 saturated heterocycles. The zero-order valence-corrected chi connectivity index (χ0v) is 13.5. The number of carbonyl (C=O) groups is 1. The minimum absolute atomic E-state index is 0.110. The third-order valence-electron chi connectivity index (χ3n) is 3.01. The molecule has 1 N–H and O–H groups in total. The van der Waals surface area contributed by atoms with E-state index in [9.17, 15) is 4.79 Å². The largest absolute Gasteiger partial charge is 0.272 e. The summed E-state index contributed by atoms with van der Waals surface area (Å²) in [4.78, 5) is 11.9. The Bertz CT molecular complexity index is 501. The number of halogens is 3. The van der Waals surface area contributed by atoms with Gasteiger partial charge in [0.1, 0.15) is 0 Å². The van der Waals surface area contributed by atoms with Gasteiger partial charge in [0.15, 0.2) is 0 Å².